The largest absolute Gasteiger partial charge is 0.479 e. The summed E-state index contributed by atoms with van der Waals surface area (Å²) in [6.45, 7) is 6.34. The number of carboxylic acids is 1. The normalized spacial score (nSPS) is 19.9. The quantitative estimate of drug-likeness (QED) is 0.337. The Labute approximate surface area is 216 Å². The summed E-state index contributed by atoms with van der Waals surface area (Å²) < 4.78 is 2.41. The summed E-state index contributed by atoms with van der Waals surface area (Å²) in [5.41, 5.74) is 2.35. The predicted molar refractivity (Wildman–Crippen MR) is 142 cm³/mol. The van der Waals surface area contributed by atoms with Gasteiger partial charge in [0.05, 0.1) is 11.0 Å². The number of nitrogens with zero attached hydrogens (tertiary/aromatic N) is 2. The van der Waals surface area contributed by atoms with E-state index >= 15 is 0 Å². The van der Waals surface area contributed by atoms with Crippen molar-refractivity contribution in [3.8, 4) is 0 Å². The lowest BCUT2D eigenvalue weighted by Gasteiger charge is -2.31. The highest BCUT2D eigenvalue weighted by Crippen LogP contribution is 2.37. The molecule has 2 unspecified atom stereocenters. The molecule has 1 fully saturated rings. The first-order valence-corrected chi connectivity index (χ1v) is 13.9. The van der Waals surface area contributed by atoms with Crippen LogP contribution in [0.1, 0.15) is 86.4 Å². The van der Waals surface area contributed by atoms with E-state index in [0.717, 1.165) is 29.7 Å². The zero-order chi connectivity index (χ0) is 25.8. The van der Waals surface area contributed by atoms with Crippen LogP contribution in [0.4, 0.5) is 0 Å². The van der Waals surface area contributed by atoms with Crippen molar-refractivity contribution in [1.29, 1.82) is 0 Å². The number of benzene rings is 1. The number of carboxylic acid groups (broad SMARTS) is 1. The van der Waals surface area contributed by atoms with E-state index in [1.165, 1.54) is 24.1 Å². The fraction of sp³-hybridized carbons (Fsp3) is 0.536. The number of aliphatic hydroxyl groups is 1. The number of carbonyl (C=O) groups is 2. The van der Waals surface area contributed by atoms with E-state index in [4.69, 9.17) is 10.1 Å². The smallest absolute Gasteiger partial charge is 0.332 e. The number of aliphatic hydroxyl groups excluding tert-OH is 1. The molecule has 1 aliphatic rings. The number of amides is 1. The van der Waals surface area contributed by atoms with Gasteiger partial charge in [0.25, 0.3) is 5.91 Å². The summed E-state index contributed by atoms with van der Waals surface area (Å²) >= 11 is 1.73. The second-order valence-electron chi connectivity index (χ2n) is 10.6. The highest BCUT2D eigenvalue weighted by Gasteiger charge is 2.28. The lowest BCUT2D eigenvalue weighted by molar-refractivity contribution is -0.147. The monoisotopic (exact) mass is 511 g/mol. The number of aromatic nitrogens is 2. The lowest BCUT2D eigenvalue weighted by atomic mass is 9.85. The maximum Gasteiger partial charge on any atom is 0.332 e. The summed E-state index contributed by atoms with van der Waals surface area (Å²) in [7, 11) is 0. The standard InChI is InChI=1S/C28H37N3O4S/c1-17(2)13-20(15-25(32)28(34)35)29-27(33)19-10-11-24-22(14-19)30-26(16-21-8-6-12-36-21)31(24)23-9-5-4-7-18(23)3/h6,8,10-12,14,17-18,20,23,25,32H,4-5,7,9,13,15-16H2,1-3H3,(H,29,33)(H,34,35)/t18-,20?,23-,25?/m1/s1. The topological polar surface area (TPSA) is 104 Å². The first-order valence-electron chi connectivity index (χ1n) is 13.0. The van der Waals surface area contributed by atoms with Crippen molar-refractivity contribution in [3.63, 3.8) is 0 Å². The van der Waals surface area contributed by atoms with Gasteiger partial charge in [0.1, 0.15) is 5.82 Å². The van der Waals surface area contributed by atoms with Crippen LogP contribution < -0.4 is 5.32 Å². The predicted octanol–water partition coefficient (Wildman–Crippen LogP) is 5.42. The summed E-state index contributed by atoms with van der Waals surface area (Å²) in [4.78, 5) is 30.6. The van der Waals surface area contributed by atoms with Crippen LogP contribution in [-0.2, 0) is 11.2 Å². The second-order valence-corrected chi connectivity index (χ2v) is 11.6. The van der Waals surface area contributed by atoms with Crippen molar-refractivity contribution in [2.24, 2.45) is 11.8 Å². The minimum atomic E-state index is -1.51. The van der Waals surface area contributed by atoms with Crippen LogP contribution in [0.25, 0.3) is 11.0 Å². The second kappa shape index (κ2) is 11.6. The van der Waals surface area contributed by atoms with E-state index in [0.29, 0.717) is 23.9 Å². The van der Waals surface area contributed by atoms with Gasteiger partial charge in [0.2, 0.25) is 0 Å². The molecule has 0 saturated heterocycles. The van der Waals surface area contributed by atoms with Crippen molar-refractivity contribution in [1.82, 2.24) is 14.9 Å². The van der Waals surface area contributed by atoms with Crippen molar-refractivity contribution >= 4 is 34.2 Å². The number of aliphatic carboxylic acids is 1. The number of imidazole rings is 1. The Morgan fingerprint density at radius 2 is 1.97 bits per heavy atom. The van der Waals surface area contributed by atoms with E-state index in [1.807, 2.05) is 32.0 Å². The first kappa shape index (κ1) is 26.4. The van der Waals surface area contributed by atoms with E-state index in [2.05, 4.69) is 34.3 Å². The van der Waals surface area contributed by atoms with Gasteiger partial charge < -0.3 is 20.1 Å². The van der Waals surface area contributed by atoms with Gasteiger partial charge in [-0.1, -0.05) is 39.7 Å². The Kier molecular flexibility index (Phi) is 8.46. The molecule has 1 saturated carbocycles. The van der Waals surface area contributed by atoms with Crippen molar-refractivity contribution in [2.45, 2.75) is 83.9 Å². The molecule has 2 heterocycles. The van der Waals surface area contributed by atoms with Crippen LogP contribution >= 0.6 is 11.3 Å². The Balaban J connectivity index is 1.63. The molecule has 4 rings (SSSR count). The average molecular weight is 512 g/mol. The third kappa shape index (κ3) is 6.16. The zero-order valence-electron chi connectivity index (χ0n) is 21.3. The summed E-state index contributed by atoms with van der Waals surface area (Å²) in [6.07, 6.45) is 4.64. The molecule has 1 aromatic carbocycles. The number of carbonyl (C=O) groups excluding carboxylic acids is 1. The van der Waals surface area contributed by atoms with E-state index in [9.17, 15) is 14.7 Å². The molecule has 1 amide bonds. The van der Waals surface area contributed by atoms with Crippen LogP contribution in [0.3, 0.4) is 0 Å². The summed E-state index contributed by atoms with van der Waals surface area (Å²) in [5, 5.41) is 24.0. The molecule has 7 nitrogen and oxygen atoms in total. The summed E-state index contributed by atoms with van der Waals surface area (Å²) in [6, 6.07) is 9.83. The Morgan fingerprint density at radius 3 is 2.64 bits per heavy atom. The van der Waals surface area contributed by atoms with Gasteiger partial charge in [-0.2, -0.15) is 0 Å². The van der Waals surface area contributed by atoms with Gasteiger partial charge in [-0.15, -0.1) is 11.3 Å². The van der Waals surface area contributed by atoms with Crippen molar-refractivity contribution < 1.29 is 19.8 Å². The number of fused-ring (bicyclic) bond motifs is 1. The Bertz CT molecular complexity index is 1190. The molecule has 0 bridgehead atoms. The number of hydrogen-bond acceptors (Lipinski definition) is 5. The Hall–Kier alpha value is -2.71. The highest BCUT2D eigenvalue weighted by atomic mass is 32.1. The van der Waals surface area contributed by atoms with E-state index in [-0.39, 0.29) is 18.2 Å². The fourth-order valence-electron chi connectivity index (χ4n) is 5.46. The fourth-order valence-corrected chi connectivity index (χ4v) is 6.16. The number of rotatable bonds is 10. The molecular weight excluding hydrogens is 474 g/mol. The number of thiophene rings is 1. The molecule has 3 N–H and O–H groups in total. The average Bonchev–Trinajstić information content (AvgIpc) is 3.46. The number of hydrogen-bond donors (Lipinski definition) is 3. The SMILES string of the molecule is CC(C)CC(CC(O)C(=O)O)NC(=O)c1ccc2c(c1)nc(Cc1cccs1)n2[C@@H]1CCCC[C@H]1C. The van der Waals surface area contributed by atoms with Crippen LogP contribution in [0.2, 0.25) is 0 Å². The number of nitrogens with one attached hydrogen (secondary N) is 1. The highest BCUT2D eigenvalue weighted by molar-refractivity contribution is 7.09. The maximum absolute atomic E-state index is 13.2. The molecule has 0 spiro atoms. The van der Waals surface area contributed by atoms with Gasteiger partial charge in [0, 0.05) is 35.4 Å². The lowest BCUT2D eigenvalue weighted by Crippen LogP contribution is -2.40. The van der Waals surface area contributed by atoms with Crippen LogP contribution in [0.5, 0.6) is 0 Å². The van der Waals surface area contributed by atoms with Gasteiger partial charge in [-0.05, 0) is 60.7 Å². The molecule has 2 aromatic heterocycles. The van der Waals surface area contributed by atoms with Crippen molar-refractivity contribution in [2.75, 3.05) is 0 Å². The van der Waals surface area contributed by atoms with Gasteiger partial charge >= 0.3 is 5.97 Å². The molecular formula is C28H37N3O4S. The molecule has 8 heteroatoms. The first-order chi connectivity index (χ1) is 17.2. The summed E-state index contributed by atoms with van der Waals surface area (Å²) in [5.74, 6) is 0.289. The van der Waals surface area contributed by atoms with Crippen LogP contribution in [0, 0.1) is 11.8 Å². The van der Waals surface area contributed by atoms with Crippen LogP contribution in [0.15, 0.2) is 35.7 Å². The molecule has 0 radical (unpaired) electrons. The minimum absolute atomic E-state index is 0.0271. The van der Waals surface area contributed by atoms with Gasteiger partial charge in [-0.25, -0.2) is 9.78 Å². The van der Waals surface area contributed by atoms with Crippen molar-refractivity contribution in [3.05, 3.63) is 52.0 Å². The molecule has 0 aliphatic heterocycles. The molecule has 1 aliphatic carbocycles. The van der Waals surface area contributed by atoms with E-state index < -0.39 is 18.1 Å². The van der Waals surface area contributed by atoms with Gasteiger partial charge in [0.15, 0.2) is 6.10 Å². The van der Waals surface area contributed by atoms with Gasteiger partial charge in [-0.3, -0.25) is 4.79 Å². The zero-order valence-corrected chi connectivity index (χ0v) is 22.1. The minimum Gasteiger partial charge on any atom is -0.479 e. The molecule has 3 aromatic rings. The molecule has 36 heavy (non-hydrogen) atoms. The van der Waals surface area contributed by atoms with Crippen LogP contribution in [-0.4, -0.2) is 43.8 Å². The maximum atomic E-state index is 13.2. The Morgan fingerprint density at radius 1 is 1.19 bits per heavy atom. The third-order valence-electron chi connectivity index (χ3n) is 7.22. The molecule has 4 atom stereocenters. The molecule has 194 valence electrons. The van der Waals surface area contributed by atoms with E-state index in [1.54, 1.807) is 11.3 Å². The third-order valence-corrected chi connectivity index (χ3v) is 8.10.